The Balaban J connectivity index is 1.06. The van der Waals surface area contributed by atoms with Crippen LogP contribution in [0.25, 0.3) is 21.5 Å². The van der Waals surface area contributed by atoms with Crippen LogP contribution in [0.3, 0.4) is 0 Å². The molecule has 0 saturated heterocycles. The number of nitrogens with one attached hydrogen (secondary N) is 4. The number of hydrogen-bond acceptors (Lipinski definition) is 9. The van der Waals surface area contributed by atoms with Crippen LogP contribution in [0, 0.1) is 0 Å². The van der Waals surface area contributed by atoms with E-state index < -0.39 is 26.1 Å². The van der Waals surface area contributed by atoms with Crippen LogP contribution in [-0.2, 0) is 52.0 Å². The second kappa shape index (κ2) is 16.9. The molecule has 15 heteroatoms. The number of benzene rings is 6. The largest absolute Gasteiger partial charge is 0.466 e. The monoisotopic (exact) mass is 794 g/mol. The number of carbonyl (C=O) groups is 3. The van der Waals surface area contributed by atoms with E-state index in [2.05, 4.69) is 20.1 Å². The van der Waals surface area contributed by atoms with Crippen molar-refractivity contribution in [2.75, 3.05) is 33.3 Å². The molecule has 0 unspecified atom stereocenters. The van der Waals surface area contributed by atoms with Crippen LogP contribution >= 0.6 is 0 Å². The van der Waals surface area contributed by atoms with Crippen molar-refractivity contribution < 1.29 is 40.7 Å². The van der Waals surface area contributed by atoms with Crippen molar-refractivity contribution in [2.24, 2.45) is 0 Å². The zero-order valence-corrected chi connectivity index (χ0v) is 32.0. The van der Waals surface area contributed by atoms with Gasteiger partial charge in [-0.1, -0.05) is 48.5 Å². The molecule has 0 heterocycles. The zero-order valence-electron chi connectivity index (χ0n) is 30.4. The third-order valence-electron chi connectivity index (χ3n) is 8.48. The van der Waals surface area contributed by atoms with Crippen molar-refractivity contribution in [1.29, 1.82) is 0 Å². The fourth-order valence-corrected chi connectivity index (χ4v) is 7.98. The van der Waals surface area contributed by atoms with Gasteiger partial charge in [0.15, 0.2) is 0 Å². The molecule has 6 aromatic rings. The predicted octanol–water partition coefficient (Wildman–Crippen LogP) is 7.45. The van der Waals surface area contributed by atoms with Crippen LogP contribution in [0.4, 0.5) is 27.5 Å². The Morgan fingerprint density at radius 3 is 1.18 bits per heavy atom. The van der Waals surface area contributed by atoms with E-state index in [9.17, 15) is 31.2 Å². The number of rotatable bonds is 14. The first kappa shape index (κ1) is 39.2. The molecular weight excluding hydrogens is 757 g/mol. The molecule has 13 nitrogen and oxygen atoms in total. The molecule has 2 amide bonds. The molecule has 56 heavy (non-hydrogen) atoms. The molecule has 0 radical (unpaired) electrons. The number of ether oxygens (including phenoxy) is 2. The number of anilines is 4. The number of sulfonamides is 2. The van der Waals surface area contributed by atoms with Crippen molar-refractivity contribution in [2.45, 2.75) is 36.5 Å². The number of fused-ring (bicyclic) bond motifs is 2. The third-order valence-corrected chi connectivity index (χ3v) is 11.2. The van der Waals surface area contributed by atoms with Gasteiger partial charge in [-0.15, -0.1) is 0 Å². The highest BCUT2D eigenvalue weighted by Crippen LogP contribution is 2.27. The standard InChI is InChI=1S/C41H38N4O9S2/c1-3-53-39(46)21-27-5-13-33(14-6-27)44-55(49,50)37-19-11-29-23-35(17-9-31(29)25-37)42-41(48)43-36-18-10-32-26-38(20-12-30(32)24-36)56(51,52)45-34-15-7-28(8-16-34)22-40(47)54-4-2/h5-20,23-26,44-45H,3-4,21-22H2,1-2H3,(H2,42,43,48). The quantitative estimate of drug-likeness (QED) is 0.0813. The van der Waals surface area contributed by atoms with Crippen LogP contribution < -0.4 is 20.1 Å². The number of carbonyl (C=O) groups excluding carboxylic acids is 3. The van der Waals surface area contributed by atoms with Crippen LogP contribution in [0.5, 0.6) is 0 Å². The molecule has 0 aliphatic carbocycles. The van der Waals surface area contributed by atoms with Gasteiger partial charge in [0.2, 0.25) is 0 Å². The summed E-state index contributed by atoms with van der Waals surface area (Å²) in [6, 6.07) is 31.9. The fourth-order valence-electron chi connectivity index (χ4n) is 5.80. The summed E-state index contributed by atoms with van der Waals surface area (Å²) >= 11 is 0. The first-order valence-electron chi connectivity index (χ1n) is 17.5. The van der Waals surface area contributed by atoms with Gasteiger partial charge in [0.05, 0.1) is 35.8 Å². The third kappa shape index (κ3) is 9.99. The second-order valence-corrected chi connectivity index (χ2v) is 16.0. The number of amides is 2. The maximum absolute atomic E-state index is 13.1. The van der Waals surface area contributed by atoms with Gasteiger partial charge in [-0.25, -0.2) is 21.6 Å². The molecule has 288 valence electrons. The fraction of sp³-hybridized carbons (Fsp3) is 0.146. The van der Waals surface area contributed by atoms with Gasteiger partial charge >= 0.3 is 18.0 Å². The average molecular weight is 795 g/mol. The van der Waals surface area contributed by atoms with E-state index in [1.165, 1.54) is 24.3 Å². The van der Waals surface area contributed by atoms with Crippen molar-refractivity contribution in [1.82, 2.24) is 0 Å². The minimum absolute atomic E-state index is 0.0510. The van der Waals surface area contributed by atoms with Crippen molar-refractivity contribution in [3.63, 3.8) is 0 Å². The van der Waals surface area contributed by atoms with Gasteiger partial charge in [-0.3, -0.25) is 19.0 Å². The van der Waals surface area contributed by atoms with E-state index in [4.69, 9.17) is 9.47 Å². The van der Waals surface area contributed by atoms with Gasteiger partial charge in [-0.05, 0) is 119 Å². The molecule has 0 spiro atoms. The molecule has 0 bridgehead atoms. The minimum Gasteiger partial charge on any atom is -0.466 e. The Morgan fingerprint density at radius 2 is 0.804 bits per heavy atom. The number of esters is 2. The first-order chi connectivity index (χ1) is 26.8. The lowest BCUT2D eigenvalue weighted by Gasteiger charge is -2.12. The summed E-state index contributed by atoms with van der Waals surface area (Å²) in [5, 5.41) is 8.23. The molecular formula is C41H38N4O9S2. The Hall–Kier alpha value is -6.45. The number of urea groups is 1. The number of hydrogen-bond donors (Lipinski definition) is 4. The van der Waals surface area contributed by atoms with Crippen LogP contribution in [-0.4, -0.2) is 48.0 Å². The molecule has 0 fully saturated rings. The van der Waals surface area contributed by atoms with Gasteiger partial charge in [0.25, 0.3) is 20.0 Å². The molecule has 0 atom stereocenters. The Morgan fingerprint density at radius 1 is 0.464 bits per heavy atom. The van der Waals surface area contributed by atoms with E-state index in [1.54, 1.807) is 111 Å². The Bertz CT molecular complexity index is 2470. The van der Waals surface area contributed by atoms with Crippen LogP contribution in [0.15, 0.2) is 131 Å². The lowest BCUT2D eigenvalue weighted by Crippen LogP contribution is -2.19. The van der Waals surface area contributed by atoms with E-state index in [1.807, 2.05) is 0 Å². The molecule has 4 N–H and O–H groups in total. The zero-order chi connectivity index (χ0) is 39.9. The highest BCUT2D eigenvalue weighted by Gasteiger charge is 2.17. The highest BCUT2D eigenvalue weighted by atomic mass is 32.2. The summed E-state index contributed by atoms with van der Waals surface area (Å²) < 4.78 is 67.6. The van der Waals surface area contributed by atoms with Crippen molar-refractivity contribution >= 4 is 82.3 Å². The molecule has 0 aliphatic heterocycles. The summed E-state index contributed by atoms with van der Waals surface area (Å²) in [5.74, 6) is -0.725. The SMILES string of the molecule is CCOC(=O)Cc1ccc(NS(=O)(=O)c2ccc3cc(NC(=O)Nc4ccc5cc(S(=O)(=O)Nc6ccc(CC(=O)OCC)cc6)ccc5c4)ccc3c2)cc1. The van der Waals surface area contributed by atoms with Crippen LogP contribution in [0.1, 0.15) is 25.0 Å². The normalized spacial score (nSPS) is 11.5. The van der Waals surface area contributed by atoms with Crippen molar-refractivity contribution in [3.05, 3.63) is 132 Å². The maximum Gasteiger partial charge on any atom is 0.323 e. The minimum atomic E-state index is -3.92. The molecule has 0 saturated carbocycles. The summed E-state index contributed by atoms with van der Waals surface area (Å²) in [4.78, 5) is 36.5. The van der Waals surface area contributed by atoms with E-state index in [0.29, 0.717) is 55.4 Å². The molecule has 0 aromatic heterocycles. The molecule has 6 rings (SSSR count). The highest BCUT2D eigenvalue weighted by molar-refractivity contribution is 7.93. The van der Waals surface area contributed by atoms with Gasteiger partial charge in [0, 0.05) is 22.7 Å². The lowest BCUT2D eigenvalue weighted by molar-refractivity contribution is -0.143. The lowest BCUT2D eigenvalue weighted by atomic mass is 10.1. The average Bonchev–Trinajstić information content (AvgIpc) is 3.16. The van der Waals surface area contributed by atoms with Gasteiger partial charge in [0.1, 0.15) is 0 Å². The predicted molar refractivity (Wildman–Crippen MR) is 216 cm³/mol. The first-order valence-corrected chi connectivity index (χ1v) is 20.5. The van der Waals surface area contributed by atoms with Crippen LogP contribution in [0.2, 0.25) is 0 Å². The smallest absolute Gasteiger partial charge is 0.323 e. The Labute approximate surface area is 324 Å². The topological polar surface area (TPSA) is 186 Å². The summed E-state index contributed by atoms with van der Waals surface area (Å²) in [6.45, 7) is 4.02. The summed E-state index contributed by atoms with van der Waals surface area (Å²) in [6.07, 6.45) is 0.175. The van der Waals surface area contributed by atoms with E-state index in [-0.39, 0.29) is 47.8 Å². The van der Waals surface area contributed by atoms with Crippen molar-refractivity contribution in [3.8, 4) is 0 Å². The van der Waals surface area contributed by atoms with Gasteiger partial charge in [-0.2, -0.15) is 0 Å². The summed E-state index contributed by atoms with van der Waals surface area (Å²) in [5.41, 5.74) is 3.02. The van der Waals surface area contributed by atoms with E-state index in [0.717, 1.165) is 0 Å². The molecule has 6 aromatic carbocycles. The maximum atomic E-state index is 13.1. The second-order valence-electron chi connectivity index (χ2n) is 12.6. The summed E-state index contributed by atoms with van der Waals surface area (Å²) in [7, 11) is -7.85. The Kier molecular flexibility index (Phi) is 11.9. The molecule has 0 aliphatic rings. The van der Waals surface area contributed by atoms with Gasteiger partial charge < -0.3 is 20.1 Å². The van der Waals surface area contributed by atoms with E-state index >= 15 is 0 Å².